The summed E-state index contributed by atoms with van der Waals surface area (Å²) in [5.74, 6) is -0.584. The number of amides is 1. The van der Waals surface area contributed by atoms with E-state index in [0.717, 1.165) is 17.0 Å². The summed E-state index contributed by atoms with van der Waals surface area (Å²) in [5.41, 5.74) is 5.30. The van der Waals surface area contributed by atoms with Crippen LogP contribution in [0.1, 0.15) is 27.5 Å². The molecule has 5 nitrogen and oxygen atoms in total. The highest BCUT2D eigenvalue weighted by atomic mass is 79.9. The van der Waals surface area contributed by atoms with Gasteiger partial charge in [0.25, 0.3) is 0 Å². The SMILES string of the molecule is Cc1cc(/C=N\NC(=O)c2ccco2)c(C)n1-c1ccc(Br)cc1F. The van der Waals surface area contributed by atoms with Crippen molar-refractivity contribution in [2.24, 2.45) is 5.10 Å². The van der Waals surface area contributed by atoms with Crippen molar-refractivity contribution in [3.05, 3.63) is 75.7 Å². The van der Waals surface area contributed by atoms with Crippen LogP contribution in [0, 0.1) is 19.7 Å². The Kier molecular flexibility index (Phi) is 4.85. The maximum absolute atomic E-state index is 14.3. The molecule has 1 N–H and O–H groups in total. The van der Waals surface area contributed by atoms with Crippen LogP contribution in [0.5, 0.6) is 0 Å². The fourth-order valence-corrected chi connectivity index (χ4v) is 2.91. The molecule has 0 aliphatic rings. The van der Waals surface area contributed by atoms with Crippen LogP contribution >= 0.6 is 15.9 Å². The van der Waals surface area contributed by atoms with Gasteiger partial charge in [-0.25, -0.2) is 9.82 Å². The second kappa shape index (κ2) is 7.06. The Morgan fingerprint density at radius 2 is 2.12 bits per heavy atom. The standard InChI is InChI=1S/C18H15BrFN3O2/c1-11-8-13(10-21-22-18(24)17-4-3-7-25-17)12(2)23(11)16-6-5-14(19)9-15(16)20/h3-10H,1-2H3,(H,22,24)/b21-10-. The van der Waals surface area contributed by atoms with Gasteiger partial charge in [-0.15, -0.1) is 0 Å². The van der Waals surface area contributed by atoms with Gasteiger partial charge in [0.1, 0.15) is 5.82 Å². The molecule has 0 fully saturated rings. The van der Waals surface area contributed by atoms with Gasteiger partial charge in [0.05, 0.1) is 18.2 Å². The van der Waals surface area contributed by atoms with E-state index >= 15 is 0 Å². The first-order chi connectivity index (χ1) is 12.0. The van der Waals surface area contributed by atoms with E-state index in [1.165, 1.54) is 18.5 Å². The number of rotatable bonds is 4. The summed E-state index contributed by atoms with van der Waals surface area (Å²) in [6.07, 6.45) is 2.94. The normalized spacial score (nSPS) is 11.2. The van der Waals surface area contributed by atoms with E-state index in [2.05, 4.69) is 26.5 Å². The number of hydrogen-bond acceptors (Lipinski definition) is 3. The summed E-state index contributed by atoms with van der Waals surface area (Å²) in [5, 5.41) is 3.94. The Morgan fingerprint density at radius 3 is 2.80 bits per heavy atom. The molecule has 0 unspecified atom stereocenters. The van der Waals surface area contributed by atoms with Crippen LogP contribution < -0.4 is 5.43 Å². The van der Waals surface area contributed by atoms with Crippen LogP contribution in [0.2, 0.25) is 0 Å². The smallest absolute Gasteiger partial charge is 0.307 e. The van der Waals surface area contributed by atoms with E-state index in [1.807, 2.05) is 19.9 Å². The minimum absolute atomic E-state index is 0.180. The van der Waals surface area contributed by atoms with Gasteiger partial charge >= 0.3 is 5.91 Å². The molecule has 0 saturated heterocycles. The molecular formula is C18H15BrFN3O2. The summed E-state index contributed by atoms with van der Waals surface area (Å²) in [4.78, 5) is 11.8. The zero-order chi connectivity index (χ0) is 18.0. The van der Waals surface area contributed by atoms with Crippen LogP contribution in [-0.2, 0) is 0 Å². The molecule has 2 aromatic heterocycles. The molecule has 1 amide bonds. The number of furan rings is 1. The predicted octanol–water partition coefficient (Wildman–Crippen LogP) is 4.35. The lowest BCUT2D eigenvalue weighted by Gasteiger charge is -2.11. The molecule has 3 rings (SSSR count). The molecule has 0 atom stereocenters. The van der Waals surface area contributed by atoms with Gasteiger partial charge in [-0.2, -0.15) is 5.10 Å². The summed E-state index contributed by atoms with van der Waals surface area (Å²) in [6, 6.07) is 9.96. The molecule has 0 spiro atoms. The van der Waals surface area contributed by atoms with E-state index in [0.29, 0.717) is 10.2 Å². The fourth-order valence-electron chi connectivity index (χ4n) is 2.57. The number of aryl methyl sites for hydroxylation is 1. The molecule has 0 saturated carbocycles. The molecule has 7 heteroatoms. The van der Waals surface area contributed by atoms with Crippen LogP contribution in [0.15, 0.2) is 56.7 Å². The minimum Gasteiger partial charge on any atom is -0.459 e. The lowest BCUT2D eigenvalue weighted by atomic mass is 10.2. The molecule has 0 aliphatic heterocycles. The largest absolute Gasteiger partial charge is 0.459 e. The molecule has 3 aromatic rings. The van der Waals surface area contributed by atoms with Crippen molar-refractivity contribution in [1.29, 1.82) is 0 Å². The third-order valence-corrected chi connectivity index (χ3v) is 4.23. The van der Waals surface area contributed by atoms with Gasteiger partial charge in [0.2, 0.25) is 0 Å². The maximum Gasteiger partial charge on any atom is 0.307 e. The third-order valence-electron chi connectivity index (χ3n) is 3.74. The average molecular weight is 404 g/mol. The van der Waals surface area contributed by atoms with Gasteiger partial charge in [-0.3, -0.25) is 4.79 Å². The summed E-state index contributed by atoms with van der Waals surface area (Å²) in [7, 11) is 0. The molecule has 0 bridgehead atoms. The van der Waals surface area contributed by atoms with E-state index in [9.17, 15) is 9.18 Å². The summed E-state index contributed by atoms with van der Waals surface area (Å²) < 4.78 is 21.7. The zero-order valence-corrected chi connectivity index (χ0v) is 15.2. The molecule has 2 heterocycles. The number of nitrogens with zero attached hydrogens (tertiary/aromatic N) is 2. The highest BCUT2D eigenvalue weighted by Gasteiger charge is 2.13. The highest BCUT2D eigenvalue weighted by Crippen LogP contribution is 2.24. The Morgan fingerprint density at radius 1 is 1.32 bits per heavy atom. The quantitative estimate of drug-likeness (QED) is 0.519. The summed E-state index contributed by atoms with van der Waals surface area (Å²) >= 11 is 3.26. The van der Waals surface area contributed by atoms with Crippen molar-refractivity contribution < 1.29 is 13.6 Å². The first-order valence-electron chi connectivity index (χ1n) is 7.48. The van der Waals surface area contributed by atoms with Crippen LogP contribution in [-0.4, -0.2) is 16.7 Å². The Hall–Kier alpha value is -2.67. The van der Waals surface area contributed by atoms with Gasteiger partial charge in [0.15, 0.2) is 5.76 Å². The number of hydrogen-bond donors (Lipinski definition) is 1. The van der Waals surface area contributed by atoms with E-state index in [1.54, 1.807) is 28.8 Å². The van der Waals surface area contributed by atoms with Crippen LogP contribution in [0.4, 0.5) is 4.39 Å². The lowest BCUT2D eigenvalue weighted by Crippen LogP contribution is -2.16. The first-order valence-corrected chi connectivity index (χ1v) is 8.28. The Balaban J connectivity index is 1.84. The molecule has 0 radical (unpaired) electrons. The van der Waals surface area contributed by atoms with Crippen molar-refractivity contribution in [2.45, 2.75) is 13.8 Å². The van der Waals surface area contributed by atoms with Crippen molar-refractivity contribution in [1.82, 2.24) is 9.99 Å². The molecular weight excluding hydrogens is 389 g/mol. The number of nitrogens with one attached hydrogen (secondary N) is 1. The number of hydrazone groups is 1. The molecule has 1 aromatic carbocycles. The number of halogens is 2. The second-order valence-electron chi connectivity index (χ2n) is 5.43. The topological polar surface area (TPSA) is 59.5 Å². The molecule has 0 aliphatic carbocycles. The zero-order valence-electron chi connectivity index (χ0n) is 13.6. The average Bonchev–Trinajstić information content (AvgIpc) is 3.18. The highest BCUT2D eigenvalue weighted by molar-refractivity contribution is 9.10. The van der Waals surface area contributed by atoms with Crippen molar-refractivity contribution >= 4 is 28.1 Å². The Bertz CT molecular complexity index is 946. The van der Waals surface area contributed by atoms with Crippen LogP contribution in [0.25, 0.3) is 5.69 Å². The molecule has 128 valence electrons. The van der Waals surface area contributed by atoms with Gasteiger partial charge in [-0.1, -0.05) is 15.9 Å². The van der Waals surface area contributed by atoms with E-state index in [4.69, 9.17) is 4.42 Å². The van der Waals surface area contributed by atoms with E-state index < -0.39 is 5.91 Å². The number of carbonyl (C=O) groups is 1. The third kappa shape index (κ3) is 3.56. The van der Waals surface area contributed by atoms with Gasteiger partial charge in [0, 0.05) is 21.4 Å². The fraction of sp³-hybridized carbons (Fsp3) is 0.111. The van der Waals surface area contributed by atoms with Gasteiger partial charge < -0.3 is 8.98 Å². The number of aromatic nitrogens is 1. The van der Waals surface area contributed by atoms with Crippen molar-refractivity contribution in [3.8, 4) is 5.69 Å². The maximum atomic E-state index is 14.3. The van der Waals surface area contributed by atoms with E-state index in [-0.39, 0.29) is 11.6 Å². The predicted molar refractivity (Wildman–Crippen MR) is 96.7 cm³/mol. The van der Waals surface area contributed by atoms with Crippen LogP contribution in [0.3, 0.4) is 0 Å². The molecule has 25 heavy (non-hydrogen) atoms. The summed E-state index contributed by atoms with van der Waals surface area (Å²) in [6.45, 7) is 3.75. The van der Waals surface area contributed by atoms with Gasteiger partial charge in [-0.05, 0) is 50.2 Å². The number of benzene rings is 1. The monoisotopic (exact) mass is 403 g/mol. The Labute approximate surface area is 152 Å². The van der Waals surface area contributed by atoms with Crippen molar-refractivity contribution in [3.63, 3.8) is 0 Å². The number of carbonyl (C=O) groups excluding carboxylic acids is 1. The van der Waals surface area contributed by atoms with Crippen molar-refractivity contribution in [2.75, 3.05) is 0 Å². The lowest BCUT2D eigenvalue weighted by molar-refractivity contribution is 0.0927. The minimum atomic E-state index is -0.436. The second-order valence-corrected chi connectivity index (χ2v) is 6.35. The first kappa shape index (κ1) is 17.2.